The average Bonchev–Trinajstić information content (AvgIpc) is 2.97. The van der Waals surface area contributed by atoms with E-state index >= 15 is 0 Å². The lowest BCUT2D eigenvalue weighted by Gasteiger charge is -2.34. The Labute approximate surface area is 150 Å². The molecule has 0 unspecified atom stereocenters. The molecule has 0 radical (unpaired) electrons. The van der Waals surface area contributed by atoms with Gasteiger partial charge in [-0.25, -0.2) is 4.79 Å². The van der Waals surface area contributed by atoms with Gasteiger partial charge >= 0.3 is 6.03 Å². The number of aryl methyl sites for hydroxylation is 1. The Morgan fingerprint density at radius 1 is 1.20 bits per heavy atom. The number of nitrogens with one attached hydrogen (secondary N) is 1. The van der Waals surface area contributed by atoms with Crippen LogP contribution in [0, 0.1) is 6.92 Å². The van der Waals surface area contributed by atoms with Crippen LogP contribution in [0.5, 0.6) is 0 Å². The fraction of sp³-hybridized carbons (Fsp3) is 0.600. The third-order valence-electron chi connectivity index (χ3n) is 5.42. The van der Waals surface area contributed by atoms with Crippen molar-refractivity contribution in [3.05, 3.63) is 29.8 Å². The van der Waals surface area contributed by atoms with Crippen LogP contribution in [0.15, 0.2) is 24.3 Å². The van der Waals surface area contributed by atoms with Crippen molar-refractivity contribution >= 4 is 17.6 Å². The summed E-state index contributed by atoms with van der Waals surface area (Å²) < 4.78 is 0. The van der Waals surface area contributed by atoms with Gasteiger partial charge in [-0.2, -0.15) is 0 Å². The summed E-state index contributed by atoms with van der Waals surface area (Å²) in [6.07, 6.45) is 6.26. The maximum absolute atomic E-state index is 12.7. The van der Waals surface area contributed by atoms with Crippen LogP contribution in [-0.2, 0) is 4.79 Å². The van der Waals surface area contributed by atoms with Gasteiger partial charge in [0.05, 0.1) is 6.04 Å². The Morgan fingerprint density at radius 2 is 1.88 bits per heavy atom. The van der Waals surface area contributed by atoms with Gasteiger partial charge in [-0.1, -0.05) is 37.0 Å². The Balaban J connectivity index is 1.60. The molecule has 2 aliphatic rings. The summed E-state index contributed by atoms with van der Waals surface area (Å²) in [5.74, 6) is 0.0786. The van der Waals surface area contributed by atoms with Crippen molar-refractivity contribution in [3.63, 3.8) is 0 Å². The summed E-state index contributed by atoms with van der Waals surface area (Å²) in [6.45, 7) is 5.34. The molecule has 3 amide bonds. The molecule has 1 atom stereocenters. The van der Waals surface area contributed by atoms with Gasteiger partial charge in [0, 0.05) is 31.2 Å². The van der Waals surface area contributed by atoms with Crippen LogP contribution in [0.4, 0.5) is 10.5 Å². The number of urea groups is 1. The number of carbonyl (C=O) groups excluding carboxylic acids is 2. The Hall–Kier alpha value is -2.04. The van der Waals surface area contributed by atoms with Gasteiger partial charge in [0.1, 0.15) is 0 Å². The maximum Gasteiger partial charge on any atom is 0.317 e. The van der Waals surface area contributed by atoms with E-state index in [1.165, 1.54) is 24.8 Å². The number of hydrogen-bond acceptors (Lipinski definition) is 2. The smallest absolute Gasteiger partial charge is 0.317 e. The molecule has 1 heterocycles. The van der Waals surface area contributed by atoms with Gasteiger partial charge in [-0.15, -0.1) is 0 Å². The van der Waals surface area contributed by atoms with E-state index in [1.54, 1.807) is 4.90 Å². The Bertz CT molecular complexity index is 608. The third kappa shape index (κ3) is 4.14. The first-order chi connectivity index (χ1) is 12.1. The minimum atomic E-state index is -0.112. The zero-order valence-corrected chi connectivity index (χ0v) is 15.3. The number of carbonyl (C=O) groups is 2. The first-order valence-corrected chi connectivity index (χ1v) is 9.52. The standard InChI is InChI=1S/C20H29N3O2/c1-3-22(17-7-5-4-6-8-17)20(25)21-16-13-19(24)23(14-16)18-11-9-15(2)10-12-18/h9-12,16-17H,3-8,13-14H2,1-2H3,(H,21,25)/t16-/m0/s1. The highest BCUT2D eigenvalue weighted by Crippen LogP contribution is 2.24. The first-order valence-electron chi connectivity index (χ1n) is 9.52. The van der Waals surface area contributed by atoms with Gasteiger partial charge < -0.3 is 15.1 Å². The maximum atomic E-state index is 12.7. The summed E-state index contributed by atoms with van der Waals surface area (Å²) in [6, 6.07) is 8.18. The molecule has 136 valence electrons. The minimum absolute atomic E-state index is 0.0158. The Morgan fingerprint density at radius 3 is 2.52 bits per heavy atom. The van der Waals surface area contributed by atoms with Crippen molar-refractivity contribution in [1.29, 1.82) is 0 Å². The quantitative estimate of drug-likeness (QED) is 0.910. The Kier molecular flexibility index (Phi) is 5.61. The van der Waals surface area contributed by atoms with Crippen molar-refractivity contribution in [2.45, 2.75) is 64.5 Å². The molecular formula is C20H29N3O2. The second kappa shape index (κ2) is 7.89. The van der Waals surface area contributed by atoms with E-state index in [1.807, 2.05) is 43.0 Å². The van der Waals surface area contributed by atoms with Crippen LogP contribution in [-0.4, -0.2) is 42.0 Å². The topological polar surface area (TPSA) is 52.7 Å². The predicted octanol–water partition coefficient (Wildman–Crippen LogP) is 3.46. The van der Waals surface area contributed by atoms with Crippen LogP contribution in [0.25, 0.3) is 0 Å². The number of hydrogen-bond donors (Lipinski definition) is 1. The first kappa shape index (κ1) is 17.8. The highest BCUT2D eigenvalue weighted by Gasteiger charge is 2.33. The van der Waals surface area contributed by atoms with Crippen molar-refractivity contribution in [2.75, 3.05) is 18.0 Å². The molecule has 0 spiro atoms. The molecule has 1 aromatic carbocycles. The summed E-state index contributed by atoms with van der Waals surface area (Å²) in [5, 5.41) is 3.09. The number of anilines is 1. The molecule has 1 aliphatic heterocycles. The molecule has 5 heteroatoms. The van der Waals surface area contributed by atoms with Gasteiger partial charge in [0.15, 0.2) is 0 Å². The van der Waals surface area contributed by atoms with Crippen molar-refractivity contribution in [2.24, 2.45) is 0 Å². The van der Waals surface area contributed by atoms with E-state index in [4.69, 9.17) is 0 Å². The van der Waals surface area contributed by atoms with Gasteiger partial charge in [-0.3, -0.25) is 4.79 Å². The molecule has 1 aromatic rings. The second-order valence-corrected chi connectivity index (χ2v) is 7.27. The average molecular weight is 343 g/mol. The fourth-order valence-corrected chi connectivity index (χ4v) is 4.00. The molecular weight excluding hydrogens is 314 g/mol. The normalized spacial score (nSPS) is 21.4. The molecule has 1 N–H and O–H groups in total. The van der Waals surface area contributed by atoms with E-state index in [-0.39, 0.29) is 18.0 Å². The summed E-state index contributed by atoms with van der Waals surface area (Å²) in [7, 11) is 0. The van der Waals surface area contributed by atoms with Crippen LogP contribution >= 0.6 is 0 Å². The van der Waals surface area contributed by atoms with Crippen molar-refractivity contribution in [3.8, 4) is 0 Å². The van der Waals surface area contributed by atoms with E-state index in [9.17, 15) is 9.59 Å². The van der Waals surface area contributed by atoms with Crippen LogP contribution in [0.2, 0.25) is 0 Å². The number of rotatable bonds is 4. The summed E-state index contributed by atoms with van der Waals surface area (Å²) in [4.78, 5) is 28.8. The zero-order chi connectivity index (χ0) is 17.8. The largest absolute Gasteiger partial charge is 0.333 e. The van der Waals surface area contributed by atoms with Crippen molar-refractivity contribution < 1.29 is 9.59 Å². The lowest BCUT2D eigenvalue weighted by atomic mass is 9.94. The van der Waals surface area contributed by atoms with Gasteiger partial charge in [0.25, 0.3) is 0 Å². The predicted molar refractivity (Wildman–Crippen MR) is 99.7 cm³/mol. The van der Waals surface area contributed by atoms with Crippen molar-refractivity contribution in [1.82, 2.24) is 10.2 Å². The van der Waals surface area contributed by atoms with Gasteiger partial charge in [0.2, 0.25) is 5.91 Å². The molecule has 1 aliphatic carbocycles. The molecule has 1 saturated carbocycles. The zero-order valence-electron chi connectivity index (χ0n) is 15.3. The number of amides is 3. The van der Waals surface area contributed by atoms with E-state index in [0.29, 0.717) is 19.0 Å². The van der Waals surface area contributed by atoms with Crippen LogP contribution < -0.4 is 10.2 Å². The fourth-order valence-electron chi connectivity index (χ4n) is 4.00. The molecule has 25 heavy (non-hydrogen) atoms. The molecule has 0 aromatic heterocycles. The van der Waals surface area contributed by atoms with E-state index in [0.717, 1.165) is 25.1 Å². The molecule has 1 saturated heterocycles. The van der Waals surface area contributed by atoms with E-state index < -0.39 is 0 Å². The summed E-state index contributed by atoms with van der Waals surface area (Å²) in [5.41, 5.74) is 2.08. The summed E-state index contributed by atoms with van der Waals surface area (Å²) >= 11 is 0. The van der Waals surface area contributed by atoms with E-state index in [2.05, 4.69) is 5.32 Å². The molecule has 0 bridgehead atoms. The number of benzene rings is 1. The molecule has 3 rings (SSSR count). The van der Waals surface area contributed by atoms with Gasteiger partial charge in [-0.05, 0) is 38.8 Å². The van der Waals surface area contributed by atoms with Crippen LogP contribution in [0.1, 0.15) is 51.0 Å². The monoisotopic (exact) mass is 343 g/mol. The minimum Gasteiger partial charge on any atom is -0.333 e. The van der Waals surface area contributed by atoms with Crippen LogP contribution in [0.3, 0.4) is 0 Å². The highest BCUT2D eigenvalue weighted by molar-refractivity contribution is 5.96. The lowest BCUT2D eigenvalue weighted by Crippen LogP contribution is -2.50. The highest BCUT2D eigenvalue weighted by atomic mass is 16.2. The molecule has 2 fully saturated rings. The third-order valence-corrected chi connectivity index (χ3v) is 5.42. The molecule has 5 nitrogen and oxygen atoms in total. The second-order valence-electron chi connectivity index (χ2n) is 7.27. The lowest BCUT2D eigenvalue weighted by molar-refractivity contribution is -0.117. The SMILES string of the molecule is CCN(C(=O)N[C@H]1CC(=O)N(c2ccc(C)cc2)C1)C1CCCCC1. The number of nitrogens with zero attached hydrogens (tertiary/aromatic N) is 2.